The minimum atomic E-state index is -0.171. The van der Waals surface area contributed by atoms with Crippen molar-refractivity contribution in [3.63, 3.8) is 0 Å². The second kappa shape index (κ2) is 8.24. The van der Waals surface area contributed by atoms with Crippen LogP contribution in [-0.4, -0.2) is 20.3 Å². The van der Waals surface area contributed by atoms with Gasteiger partial charge in [0.2, 0.25) is 0 Å². The normalized spacial score (nSPS) is 11.2. The van der Waals surface area contributed by atoms with Crippen LogP contribution in [-0.2, 0) is 0 Å². The van der Waals surface area contributed by atoms with Crippen molar-refractivity contribution in [3.8, 4) is 21.8 Å². The average molecular weight is 461 g/mol. The molecule has 0 aliphatic rings. The smallest absolute Gasteiger partial charge is 0.255 e. The predicted molar refractivity (Wildman–Crippen MR) is 138 cm³/mol. The minimum absolute atomic E-state index is 0.171. The van der Waals surface area contributed by atoms with Gasteiger partial charge in [0.15, 0.2) is 0 Å². The molecule has 6 heteroatoms. The van der Waals surface area contributed by atoms with Gasteiger partial charge in [-0.3, -0.25) is 4.79 Å². The van der Waals surface area contributed by atoms with Gasteiger partial charge in [0, 0.05) is 34.8 Å². The standard InChI is InChI=1S/C28H20N4OS/c1-18-7-12-23-25(15-18)34-28(31-23)20-8-10-22(11-9-20)29-27(33)21-13-14-32-17-24(30-26(32)16-21)19-5-3-2-4-6-19/h2-17H,1H3,(H,29,33). The summed E-state index contributed by atoms with van der Waals surface area (Å²) in [5.41, 5.74) is 7.21. The molecule has 34 heavy (non-hydrogen) atoms. The molecule has 0 atom stereocenters. The molecular formula is C28H20N4OS. The van der Waals surface area contributed by atoms with Gasteiger partial charge in [0.05, 0.1) is 15.9 Å². The monoisotopic (exact) mass is 460 g/mol. The van der Waals surface area contributed by atoms with E-state index in [0.29, 0.717) is 5.56 Å². The number of anilines is 1. The Labute approximate surface area is 200 Å². The number of carbonyl (C=O) groups is 1. The van der Waals surface area contributed by atoms with E-state index < -0.39 is 0 Å². The van der Waals surface area contributed by atoms with Crippen LogP contribution < -0.4 is 5.32 Å². The summed E-state index contributed by atoms with van der Waals surface area (Å²) in [6.07, 6.45) is 3.83. The highest BCUT2D eigenvalue weighted by Gasteiger charge is 2.11. The lowest BCUT2D eigenvalue weighted by molar-refractivity contribution is 0.102. The van der Waals surface area contributed by atoms with Gasteiger partial charge in [-0.2, -0.15) is 0 Å². The van der Waals surface area contributed by atoms with Crippen LogP contribution in [0.15, 0.2) is 97.3 Å². The van der Waals surface area contributed by atoms with Crippen molar-refractivity contribution >= 4 is 38.8 Å². The number of nitrogens with one attached hydrogen (secondary N) is 1. The van der Waals surface area contributed by atoms with Crippen LogP contribution in [0.1, 0.15) is 15.9 Å². The van der Waals surface area contributed by atoms with Crippen LogP contribution in [0.2, 0.25) is 0 Å². The molecule has 6 rings (SSSR count). The highest BCUT2D eigenvalue weighted by atomic mass is 32.1. The molecule has 6 aromatic rings. The number of aryl methyl sites for hydroxylation is 1. The third kappa shape index (κ3) is 3.84. The van der Waals surface area contributed by atoms with Gasteiger partial charge in [0.25, 0.3) is 5.91 Å². The van der Waals surface area contributed by atoms with Crippen molar-refractivity contribution in [2.24, 2.45) is 0 Å². The molecule has 0 aliphatic carbocycles. The Kier molecular flexibility index (Phi) is 4.93. The molecule has 0 saturated heterocycles. The second-order valence-corrected chi connectivity index (χ2v) is 9.23. The minimum Gasteiger partial charge on any atom is -0.322 e. The van der Waals surface area contributed by atoms with E-state index in [9.17, 15) is 4.79 Å². The molecule has 3 aromatic carbocycles. The first-order chi connectivity index (χ1) is 16.6. The second-order valence-electron chi connectivity index (χ2n) is 8.19. The number of fused-ring (bicyclic) bond motifs is 2. The molecular weight excluding hydrogens is 440 g/mol. The van der Waals surface area contributed by atoms with E-state index in [1.54, 1.807) is 23.5 Å². The number of benzene rings is 3. The van der Waals surface area contributed by atoms with Crippen molar-refractivity contribution in [1.82, 2.24) is 14.4 Å². The molecule has 0 saturated carbocycles. The number of imidazole rings is 1. The van der Waals surface area contributed by atoms with Crippen LogP contribution in [0.5, 0.6) is 0 Å². The van der Waals surface area contributed by atoms with Gasteiger partial charge >= 0.3 is 0 Å². The summed E-state index contributed by atoms with van der Waals surface area (Å²) in [7, 11) is 0. The van der Waals surface area contributed by atoms with Crippen molar-refractivity contribution < 1.29 is 4.79 Å². The number of rotatable bonds is 4. The molecule has 0 spiro atoms. The summed E-state index contributed by atoms with van der Waals surface area (Å²) < 4.78 is 3.10. The number of carbonyl (C=O) groups excluding carboxylic acids is 1. The maximum Gasteiger partial charge on any atom is 0.255 e. The summed E-state index contributed by atoms with van der Waals surface area (Å²) in [6, 6.07) is 27.7. The molecule has 0 aliphatic heterocycles. The predicted octanol–water partition coefficient (Wildman–Crippen LogP) is 6.84. The SMILES string of the molecule is Cc1ccc2nc(-c3ccc(NC(=O)c4ccn5cc(-c6ccccc6)nc5c4)cc3)sc2c1. The lowest BCUT2D eigenvalue weighted by atomic mass is 10.2. The molecule has 0 fully saturated rings. The lowest BCUT2D eigenvalue weighted by Crippen LogP contribution is -2.12. The van der Waals surface area contributed by atoms with Gasteiger partial charge in [-0.05, 0) is 61.0 Å². The fourth-order valence-electron chi connectivity index (χ4n) is 3.93. The molecule has 0 unspecified atom stereocenters. The Hall–Kier alpha value is -4.29. The number of hydrogen-bond donors (Lipinski definition) is 1. The van der Waals surface area contributed by atoms with E-state index in [4.69, 9.17) is 4.98 Å². The Morgan fingerprint density at radius 1 is 0.882 bits per heavy atom. The van der Waals surface area contributed by atoms with Crippen molar-refractivity contribution in [2.75, 3.05) is 5.32 Å². The van der Waals surface area contributed by atoms with Crippen LogP contribution in [0.4, 0.5) is 5.69 Å². The third-order valence-electron chi connectivity index (χ3n) is 5.73. The number of nitrogens with zero attached hydrogens (tertiary/aromatic N) is 3. The topological polar surface area (TPSA) is 59.3 Å². The van der Waals surface area contributed by atoms with E-state index in [0.717, 1.165) is 38.7 Å². The lowest BCUT2D eigenvalue weighted by Gasteiger charge is -2.06. The maximum atomic E-state index is 12.9. The van der Waals surface area contributed by atoms with Gasteiger partial charge in [-0.15, -0.1) is 11.3 Å². The third-order valence-corrected chi connectivity index (χ3v) is 6.79. The molecule has 3 aromatic heterocycles. The zero-order valence-electron chi connectivity index (χ0n) is 18.4. The first-order valence-electron chi connectivity index (χ1n) is 11.0. The van der Waals surface area contributed by atoms with Crippen molar-refractivity contribution in [2.45, 2.75) is 6.92 Å². The van der Waals surface area contributed by atoms with E-state index in [1.165, 1.54) is 10.3 Å². The highest BCUT2D eigenvalue weighted by molar-refractivity contribution is 7.21. The first kappa shape index (κ1) is 20.3. The largest absolute Gasteiger partial charge is 0.322 e. The van der Waals surface area contributed by atoms with E-state index in [2.05, 4.69) is 35.4 Å². The maximum absolute atomic E-state index is 12.9. The Morgan fingerprint density at radius 2 is 1.71 bits per heavy atom. The zero-order chi connectivity index (χ0) is 23.1. The summed E-state index contributed by atoms with van der Waals surface area (Å²) in [6.45, 7) is 2.09. The fourth-order valence-corrected chi connectivity index (χ4v) is 5.00. The fraction of sp³-hybridized carbons (Fsp3) is 0.0357. The summed E-state index contributed by atoms with van der Waals surface area (Å²) in [4.78, 5) is 22.3. The highest BCUT2D eigenvalue weighted by Crippen LogP contribution is 2.31. The van der Waals surface area contributed by atoms with Crippen LogP contribution in [0.3, 0.4) is 0 Å². The molecule has 0 radical (unpaired) electrons. The van der Waals surface area contributed by atoms with Crippen molar-refractivity contribution in [3.05, 3.63) is 108 Å². The summed E-state index contributed by atoms with van der Waals surface area (Å²) in [5.74, 6) is -0.171. The van der Waals surface area contributed by atoms with Crippen LogP contribution in [0, 0.1) is 6.92 Å². The Balaban J connectivity index is 1.21. The van der Waals surface area contributed by atoms with Gasteiger partial charge in [-0.25, -0.2) is 9.97 Å². The van der Waals surface area contributed by atoms with Gasteiger partial charge < -0.3 is 9.72 Å². The number of aromatic nitrogens is 3. The zero-order valence-corrected chi connectivity index (χ0v) is 19.2. The van der Waals surface area contributed by atoms with Crippen molar-refractivity contribution in [1.29, 1.82) is 0 Å². The number of hydrogen-bond acceptors (Lipinski definition) is 4. The number of thiazole rings is 1. The first-order valence-corrected chi connectivity index (χ1v) is 11.8. The number of pyridine rings is 1. The van der Waals surface area contributed by atoms with Gasteiger partial charge in [-0.1, -0.05) is 36.4 Å². The van der Waals surface area contributed by atoms with Gasteiger partial charge in [0.1, 0.15) is 10.7 Å². The summed E-state index contributed by atoms with van der Waals surface area (Å²) >= 11 is 1.67. The molecule has 1 N–H and O–H groups in total. The molecule has 0 bridgehead atoms. The molecule has 3 heterocycles. The molecule has 1 amide bonds. The van der Waals surface area contributed by atoms with E-state index in [-0.39, 0.29) is 5.91 Å². The van der Waals surface area contributed by atoms with E-state index >= 15 is 0 Å². The van der Waals surface area contributed by atoms with Crippen LogP contribution in [0.25, 0.3) is 37.7 Å². The molecule has 5 nitrogen and oxygen atoms in total. The Morgan fingerprint density at radius 3 is 2.53 bits per heavy atom. The van der Waals surface area contributed by atoms with E-state index in [1.807, 2.05) is 71.4 Å². The molecule has 164 valence electrons. The summed E-state index contributed by atoms with van der Waals surface area (Å²) in [5, 5.41) is 3.95. The Bertz CT molecular complexity index is 1650. The van der Waals surface area contributed by atoms with Crippen LogP contribution >= 0.6 is 11.3 Å². The average Bonchev–Trinajstić information content (AvgIpc) is 3.48. The quantitative estimate of drug-likeness (QED) is 0.313. The number of amides is 1.